The maximum absolute atomic E-state index is 10.6. The second-order valence-electron chi connectivity index (χ2n) is 2.81. The maximum Gasteiger partial charge on any atom is 0.426 e. The molecule has 0 heterocycles. The molecule has 66 valence electrons. The molecule has 0 aliphatic rings. The van der Waals surface area contributed by atoms with Crippen LogP contribution in [0.5, 0.6) is 0 Å². The number of rotatable bonds is 3. The predicted molar refractivity (Wildman–Crippen MR) is 42.7 cm³/mol. The zero-order chi connectivity index (χ0) is 8.85. The first-order chi connectivity index (χ1) is 5.11. The number of hydrogen-bond donors (Lipinski definition) is 2. The van der Waals surface area contributed by atoms with Gasteiger partial charge in [-0.2, -0.15) is 5.90 Å². The molecule has 4 heteroatoms. The van der Waals surface area contributed by atoms with Crippen LogP contribution >= 0.6 is 0 Å². The minimum atomic E-state index is -0.564. The summed E-state index contributed by atoms with van der Waals surface area (Å²) in [6.07, 6.45) is 0.317. The van der Waals surface area contributed by atoms with Crippen LogP contribution in [0.1, 0.15) is 27.2 Å². The van der Waals surface area contributed by atoms with Gasteiger partial charge in [0.2, 0.25) is 0 Å². The summed E-state index contributed by atoms with van der Waals surface area (Å²) in [6.45, 7) is 6.07. The first-order valence-electron chi connectivity index (χ1n) is 3.79. The third-order valence-corrected chi connectivity index (χ3v) is 1.65. The van der Waals surface area contributed by atoms with Gasteiger partial charge in [-0.1, -0.05) is 20.8 Å². The van der Waals surface area contributed by atoms with E-state index in [4.69, 9.17) is 0 Å². The molecule has 0 rings (SSSR count). The van der Waals surface area contributed by atoms with Crippen molar-refractivity contribution < 1.29 is 9.63 Å². The largest absolute Gasteiger partial charge is 0.426 e. The topological polar surface area (TPSA) is 64.3 Å². The van der Waals surface area contributed by atoms with E-state index in [1.807, 2.05) is 20.8 Å². The molecule has 1 unspecified atom stereocenters. The van der Waals surface area contributed by atoms with Crippen LogP contribution in [0.3, 0.4) is 0 Å². The molecule has 11 heavy (non-hydrogen) atoms. The van der Waals surface area contributed by atoms with E-state index in [9.17, 15) is 4.79 Å². The summed E-state index contributed by atoms with van der Waals surface area (Å²) >= 11 is 0. The van der Waals surface area contributed by atoms with Gasteiger partial charge in [0, 0.05) is 6.04 Å². The third kappa shape index (κ3) is 3.83. The fourth-order valence-corrected chi connectivity index (χ4v) is 0.926. The summed E-state index contributed by atoms with van der Waals surface area (Å²) in [5.41, 5.74) is 0. The smallest absolute Gasteiger partial charge is 0.357 e. The van der Waals surface area contributed by atoms with Crippen LogP contribution in [-0.2, 0) is 4.84 Å². The highest BCUT2D eigenvalue weighted by molar-refractivity contribution is 5.67. The maximum atomic E-state index is 10.6. The molecule has 4 nitrogen and oxygen atoms in total. The SMILES string of the molecule is CCC(NC(=O)ON)C(C)C. The highest BCUT2D eigenvalue weighted by atomic mass is 16.7. The second-order valence-corrected chi connectivity index (χ2v) is 2.81. The van der Waals surface area contributed by atoms with Crippen LogP contribution in [0.2, 0.25) is 0 Å². The normalized spacial score (nSPS) is 12.8. The summed E-state index contributed by atoms with van der Waals surface area (Å²) in [6, 6.07) is 0.144. The van der Waals surface area contributed by atoms with Crippen molar-refractivity contribution in [2.24, 2.45) is 11.8 Å². The summed E-state index contributed by atoms with van der Waals surface area (Å²) in [5, 5.41) is 2.63. The Morgan fingerprint density at radius 2 is 2.18 bits per heavy atom. The van der Waals surface area contributed by atoms with Gasteiger partial charge in [0.1, 0.15) is 0 Å². The number of hydrogen-bond acceptors (Lipinski definition) is 3. The van der Waals surface area contributed by atoms with Crippen molar-refractivity contribution in [3.8, 4) is 0 Å². The van der Waals surface area contributed by atoms with E-state index in [1.54, 1.807) is 0 Å². The molecule has 0 fully saturated rings. The Balaban J connectivity index is 3.78. The molecule has 0 aliphatic carbocycles. The molecular weight excluding hydrogens is 144 g/mol. The molecule has 0 radical (unpaired) electrons. The van der Waals surface area contributed by atoms with Crippen molar-refractivity contribution in [1.29, 1.82) is 0 Å². The van der Waals surface area contributed by atoms with Crippen molar-refractivity contribution in [2.45, 2.75) is 33.2 Å². The average Bonchev–Trinajstić information content (AvgIpc) is 1.99. The van der Waals surface area contributed by atoms with E-state index < -0.39 is 6.09 Å². The molecule has 0 aromatic heterocycles. The highest BCUT2D eigenvalue weighted by Crippen LogP contribution is 2.04. The van der Waals surface area contributed by atoms with Gasteiger partial charge in [0.05, 0.1) is 0 Å². The molecular formula is C7H16N2O2. The molecule has 1 atom stereocenters. The molecule has 1 amide bonds. The first-order valence-corrected chi connectivity index (χ1v) is 3.79. The molecule has 0 saturated heterocycles. The van der Waals surface area contributed by atoms with Crippen LogP contribution in [0.25, 0.3) is 0 Å². The summed E-state index contributed by atoms with van der Waals surface area (Å²) in [5.74, 6) is 5.07. The summed E-state index contributed by atoms with van der Waals surface area (Å²) < 4.78 is 0. The lowest BCUT2D eigenvalue weighted by atomic mass is 10.0. The third-order valence-electron chi connectivity index (χ3n) is 1.65. The van der Waals surface area contributed by atoms with E-state index in [0.717, 1.165) is 6.42 Å². The van der Waals surface area contributed by atoms with Crippen molar-refractivity contribution in [2.75, 3.05) is 0 Å². The molecule has 0 spiro atoms. The fourth-order valence-electron chi connectivity index (χ4n) is 0.926. The van der Waals surface area contributed by atoms with Crippen molar-refractivity contribution in [1.82, 2.24) is 5.32 Å². The lowest BCUT2D eigenvalue weighted by Crippen LogP contribution is -2.39. The van der Waals surface area contributed by atoms with E-state index in [-0.39, 0.29) is 6.04 Å². The summed E-state index contributed by atoms with van der Waals surface area (Å²) in [4.78, 5) is 14.6. The standard InChI is InChI=1S/C7H16N2O2/c1-4-6(5(2)3)9-7(10)11-8/h5-6H,4,8H2,1-3H3,(H,9,10). The number of amides is 1. The zero-order valence-corrected chi connectivity index (χ0v) is 7.26. The van der Waals surface area contributed by atoms with Gasteiger partial charge in [-0.05, 0) is 12.3 Å². The van der Waals surface area contributed by atoms with Gasteiger partial charge in [-0.25, -0.2) is 4.79 Å². The van der Waals surface area contributed by atoms with E-state index in [0.29, 0.717) is 5.92 Å². The van der Waals surface area contributed by atoms with E-state index in [1.165, 1.54) is 0 Å². The van der Waals surface area contributed by atoms with Gasteiger partial charge in [-0.3, -0.25) is 0 Å². The Bertz CT molecular complexity index is 126. The predicted octanol–water partition coefficient (Wildman–Crippen LogP) is 1.02. The minimum absolute atomic E-state index is 0.144. The van der Waals surface area contributed by atoms with Crippen LogP contribution in [0.15, 0.2) is 0 Å². The number of nitrogens with one attached hydrogen (secondary N) is 1. The molecule has 0 aromatic carbocycles. The van der Waals surface area contributed by atoms with Crippen molar-refractivity contribution >= 4 is 6.09 Å². The van der Waals surface area contributed by atoms with E-state index in [2.05, 4.69) is 16.1 Å². The van der Waals surface area contributed by atoms with Gasteiger partial charge < -0.3 is 10.2 Å². The Hall–Kier alpha value is -0.770. The van der Waals surface area contributed by atoms with E-state index >= 15 is 0 Å². The minimum Gasteiger partial charge on any atom is -0.357 e. The quantitative estimate of drug-likeness (QED) is 0.606. The fraction of sp³-hybridized carbons (Fsp3) is 0.857. The number of carbonyl (C=O) groups excluding carboxylic acids is 1. The van der Waals surface area contributed by atoms with Crippen LogP contribution < -0.4 is 11.2 Å². The van der Waals surface area contributed by atoms with Gasteiger partial charge in [0.15, 0.2) is 0 Å². The molecule has 0 saturated carbocycles. The highest BCUT2D eigenvalue weighted by Gasteiger charge is 2.13. The lowest BCUT2D eigenvalue weighted by molar-refractivity contribution is 0.140. The second kappa shape index (κ2) is 4.96. The molecule has 0 aromatic rings. The monoisotopic (exact) mass is 160 g/mol. The summed E-state index contributed by atoms with van der Waals surface area (Å²) in [7, 11) is 0. The van der Waals surface area contributed by atoms with Crippen LogP contribution in [0, 0.1) is 5.92 Å². The lowest BCUT2D eigenvalue weighted by Gasteiger charge is -2.18. The number of carbonyl (C=O) groups is 1. The Morgan fingerprint density at radius 1 is 1.64 bits per heavy atom. The molecule has 0 bridgehead atoms. The Morgan fingerprint density at radius 3 is 2.45 bits per heavy atom. The van der Waals surface area contributed by atoms with Crippen molar-refractivity contribution in [3.05, 3.63) is 0 Å². The Kier molecular flexibility index (Phi) is 4.61. The number of nitrogens with two attached hydrogens (primary N) is 1. The first kappa shape index (κ1) is 10.2. The zero-order valence-electron chi connectivity index (χ0n) is 7.26. The van der Waals surface area contributed by atoms with Crippen molar-refractivity contribution in [3.63, 3.8) is 0 Å². The van der Waals surface area contributed by atoms with Gasteiger partial charge in [0.25, 0.3) is 0 Å². The average molecular weight is 160 g/mol. The van der Waals surface area contributed by atoms with Gasteiger partial charge in [-0.15, -0.1) is 0 Å². The van der Waals surface area contributed by atoms with Crippen LogP contribution in [-0.4, -0.2) is 12.1 Å². The molecule has 0 aliphatic heterocycles. The Labute approximate surface area is 67.0 Å². The van der Waals surface area contributed by atoms with Gasteiger partial charge >= 0.3 is 6.09 Å². The van der Waals surface area contributed by atoms with Crippen LogP contribution in [0.4, 0.5) is 4.79 Å². The molecule has 3 N–H and O–H groups in total.